The summed E-state index contributed by atoms with van der Waals surface area (Å²) < 4.78 is 5.49. The monoisotopic (exact) mass is 331 g/mol. The first-order chi connectivity index (χ1) is 9.86. The third-order valence-corrected chi connectivity index (χ3v) is 3.93. The second-order valence-corrected chi connectivity index (χ2v) is 5.89. The summed E-state index contributed by atoms with van der Waals surface area (Å²) in [5.41, 5.74) is 0. The summed E-state index contributed by atoms with van der Waals surface area (Å²) >= 11 is 11.8. The Morgan fingerprint density at radius 2 is 2.05 bits per heavy atom. The lowest BCUT2D eigenvalue weighted by Crippen LogP contribution is -2.50. The van der Waals surface area contributed by atoms with Crippen LogP contribution in [0.4, 0.5) is 0 Å². The highest BCUT2D eigenvalue weighted by atomic mass is 35.5. The van der Waals surface area contributed by atoms with Crippen molar-refractivity contribution in [1.82, 2.24) is 5.32 Å². The molecule has 0 bridgehead atoms. The third-order valence-electron chi connectivity index (χ3n) is 3.40. The molecule has 1 aliphatic carbocycles. The number of halogens is 2. The van der Waals surface area contributed by atoms with Crippen molar-refractivity contribution in [3.05, 3.63) is 28.2 Å². The molecule has 0 aromatic heterocycles. The topological polar surface area (TPSA) is 75.6 Å². The number of carboxylic acid groups (broad SMARTS) is 1. The second kappa shape index (κ2) is 6.54. The van der Waals surface area contributed by atoms with E-state index in [2.05, 4.69) is 5.32 Å². The van der Waals surface area contributed by atoms with Gasteiger partial charge in [-0.1, -0.05) is 23.2 Å². The number of carbonyl (C=O) groups excluding carboxylic acids is 1. The van der Waals surface area contributed by atoms with Crippen LogP contribution in [-0.2, 0) is 9.59 Å². The maximum atomic E-state index is 12.0. The van der Waals surface area contributed by atoms with Crippen LogP contribution >= 0.6 is 23.2 Å². The lowest BCUT2D eigenvalue weighted by molar-refractivity contribution is -0.146. The fourth-order valence-corrected chi connectivity index (χ4v) is 2.52. The lowest BCUT2D eigenvalue weighted by atomic mass is 9.80. The minimum Gasteiger partial charge on any atom is -0.481 e. The number of amides is 1. The third kappa shape index (κ3) is 4.02. The van der Waals surface area contributed by atoms with Crippen LogP contribution in [0.3, 0.4) is 0 Å². The summed E-state index contributed by atoms with van der Waals surface area (Å²) in [6.07, 6.45) is 0.179. The normalized spacial score (nSPS) is 22.0. The Morgan fingerprint density at radius 3 is 2.62 bits per heavy atom. The van der Waals surface area contributed by atoms with Crippen LogP contribution in [0.1, 0.15) is 19.8 Å². The van der Waals surface area contributed by atoms with E-state index in [9.17, 15) is 9.59 Å². The Morgan fingerprint density at radius 1 is 1.38 bits per heavy atom. The zero-order chi connectivity index (χ0) is 15.6. The van der Waals surface area contributed by atoms with Gasteiger partial charge < -0.3 is 15.2 Å². The number of carboxylic acids is 1. The number of rotatable bonds is 5. The van der Waals surface area contributed by atoms with E-state index >= 15 is 0 Å². The molecule has 1 saturated carbocycles. The van der Waals surface area contributed by atoms with Crippen molar-refractivity contribution in [2.75, 3.05) is 0 Å². The summed E-state index contributed by atoms with van der Waals surface area (Å²) in [5.74, 6) is -1.11. The molecule has 1 fully saturated rings. The molecule has 0 saturated heterocycles. The molecule has 0 aliphatic heterocycles. The predicted molar refractivity (Wildman–Crippen MR) is 78.8 cm³/mol. The number of nitrogens with one attached hydrogen (secondary N) is 1. The average molecular weight is 332 g/mol. The quantitative estimate of drug-likeness (QED) is 0.869. The van der Waals surface area contributed by atoms with Gasteiger partial charge in [0.25, 0.3) is 5.91 Å². The van der Waals surface area contributed by atoms with Crippen molar-refractivity contribution < 1.29 is 19.4 Å². The van der Waals surface area contributed by atoms with Crippen molar-refractivity contribution in [3.8, 4) is 5.75 Å². The Hall–Kier alpha value is -1.46. The maximum Gasteiger partial charge on any atom is 0.306 e. The highest BCUT2D eigenvalue weighted by molar-refractivity contribution is 6.35. The average Bonchev–Trinajstić information content (AvgIpc) is 2.35. The summed E-state index contributed by atoms with van der Waals surface area (Å²) in [7, 11) is 0. The van der Waals surface area contributed by atoms with E-state index in [0.29, 0.717) is 28.6 Å². The van der Waals surface area contributed by atoms with Crippen molar-refractivity contribution in [2.24, 2.45) is 5.92 Å². The minimum absolute atomic E-state index is 0.106. The van der Waals surface area contributed by atoms with Crippen LogP contribution in [0, 0.1) is 5.92 Å². The summed E-state index contributed by atoms with van der Waals surface area (Å²) in [6, 6.07) is 4.65. The van der Waals surface area contributed by atoms with E-state index in [4.69, 9.17) is 33.0 Å². The smallest absolute Gasteiger partial charge is 0.306 e. The molecule has 0 heterocycles. The largest absolute Gasteiger partial charge is 0.481 e. The Labute approximate surface area is 132 Å². The number of carbonyl (C=O) groups is 2. The van der Waals surface area contributed by atoms with E-state index < -0.39 is 12.1 Å². The minimum atomic E-state index is -0.822. The Bertz CT molecular complexity index is 558. The summed E-state index contributed by atoms with van der Waals surface area (Å²) in [4.78, 5) is 22.6. The molecule has 7 heteroatoms. The fraction of sp³-hybridized carbons (Fsp3) is 0.429. The molecule has 1 aromatic rings. The first kappa shape index (κ1) is 15.9. The molecule has 0 radical (unpaired) electrons. The summed E-state index contributed by atoms with van der Waals surface area (Å²) in [6.45, 7) is 1.60. The van der Waals surface area contributed by atoms with E-state index in [-0.39, 0.29) is 17.9 Å². The van der Waals surface area contributed by atoms with E-state index in [0.717, 1.165) is 0 Å². The zero-order valence-electron chi connectivity index (χ0n) is 11.3. The van der Waals surface area contributed by atoms with Gasteiger partial charge >= 0.3 is 5.97 Å². The van der Waals surface area contributed by atoms with Gasteiger partial charge in [0.05, 0.1) is 10.9 Å². The highest BCUT2D eigenvalue weighted by Crippen LogP contribution is 2.29. The predicted octanol–water partition coefficient (Wildman–Crippen LogP) is 2.74. The van der Waals surface area contributed by atoms with Crippen LogP contribution in [0.25, 0.3) is 0 Å². The van der Waals surface area contributed by atoms with Crippen molar-refractivity contribution in [2.45, 2.75) is 31.9 Å². The molecule has 1 unspecified atom stereocenters. The molecule has 1 atom stereocenters. The van der Waals surface area contributed by atoms with Crippen LogP contribution < -0.4 is 10.1 Å². The van der Waals surface area contributed by atoms with Gasteiger partial charge in [0, 0.05) is 11.1 Å². The zero-order valence-corrected chi connectivity index (χ0v) is 12.8. The number of aliphatic carboxylic acids is 1. The van der Waals surface area contributed by atoms with Gasteiger partial charge in [0.2, 0.25) is 0 Å². The first-order valence-corrected chi connectivity index (χ1v) is 7.27. The number of ether oxygens (including phenoxy) is 1. The molecule has 0 spiro atoms. The van der Waals surface area contributed by atoms with Gasteiger partial charge in [-0.3, -0.25) is 9.59 Å². The number of benzene rings is 1. The van der Waals surface area contributed by atoms with Gasteiger partial charge in [0.1, 0.15) is 5.75 Å². The highest BCUT2D eigenvalue weighted by Gasteiger charge is 2.36. The van der Waals surface area contributed by atoms with Crippen LogP contribution in [-0.4, -0.2) is 29.1 Å². The molecule has 2 N–H and O–H groups in total. The maximum absolute atomic E-state index is 12.0. The Kier molecular flexibility index (Phi) is 4.96. The van der Waals surface area contributed by atoms with Crippen LogP contribution in [0.15, 0.2) is 18.2 Å². The van der Waals surface area contributed by atoms with E-state index in [1.165, 1.54) is 6.07 Å². The number of hydrogen-bond donors (Lipinski definition) is 2. The van der Waals surface area contributed by atoms with Crippen molar-refractivity contribution >= 4 is 35.1 Å². The van der Waals surface area contributed by atoms with Crippen LogP contribution in [0.5, 0.6) is 5.75 Å². The lowest BCUT2D eigenvalue weighted by Gasteiger charge is -2.33. The molecule has 21 heavy (non-hydrogen) atoms. The standard InChI is InChI=1S/C14H15Cl2NO4/c1-7(21-12-3-2-9(15)6-11(12)16)13(18)17-10-4-8(5-10)14(19)20/h2-3,6-8,10H,4-5H2,1H3,(H,17,18)(H,19,20). The van der Waals surface area contributed by atoms with Gasteiger partial charge in [-0.2, -0.15) is 0 Å². The molecule has 2 rings (SSSR count). The van der Waals surface area contributed by atoms with Gasteiger partial charge in [0.15, 0.2) is 6.10 Å². The van der Waals surface area contributed by atoms with E-state index in [1.807, 2.05) is 0 Å². The second-order valence-electron chi connectivity index (χ2n) is 5.05. The summed E-state index contributed by atoms with van der Waals surface area (Å²) in [5, 5.41) is 12.4. The van der Waals surface area contributed by atoms with Gasteiger partial charge in [-0.25, -0.2) is 0 Å². The molecular formula is C14H15Cl2NO4. The first-order valence-electron chi connectivity index (χ1n) is 6.51. The molecule has 1 aliphatic rings. The van der Waals surface area contributed by atoms with E-state index in [1.54, 1.807) is 19.1 Å². The van der Waals surface area contributed by atoms with Crippen LogP contribution in [0.2, 0.25) is 10.0 Å². The number of hydrogen-bond acceptors (Lipinski definition) is 3. The molecule has 114 valence electrons. The van der Waals surface area contributed by atoms with Gasteiger partial charge in [-0.15, -0.1) is 0 Å². The van der Waals surface area contributed by atoms with Gasteiger partial charge in [-0.05, 0) is 38.0 Å². The SMILES string of the molecule is CC(Oc1ccc(Cl)cc1Cl)C(=O)NC1CC(C(=O)O)C1. The molecule has 1 amide bonds. The van der Waals surface area contributed by atoms with Crippen molar-refractivity contribution in [1.29, 1.82) is 0 Å². The fourth-order valence-electron chi connectivity index (χ4n) is 2.07. The molecular weight excluding hydrogens is 317 g/mol. The molecule has 1 aromatic carbocycles. The molecule has 5 nitrogen and oxygen atoms in total. The van der Waals surface area contributed by atoms with Crippen molar-refractivity contribution in [3.63, 3.8) is 0 Å². The Balaban J connectivity index is 1.84.